The van der Waals surface area contributed by atoms with Gasteiger partial charge < -0.3 is 16.4 Å². The van der Waals surface area contributed by atoms with E-state index in [0.29, 0.717) is 28.5 Å². The standard InChI is InChI=1S/C16H17ClN4O2/c1-10-12(17)3-2-4-13(10)21-15(22)6-8-20-14-5-7-19-9-11(14)16(18)23/h2-5,7,9H,6,8H2,1H3,(H2,18,23)(H,19,20)(H,21,22). The SMILES string of the molecule is Cc1c(Cl)cccc1NC(=O)CCNc1ccncc1C(N)=O. The van der Waals surface area contributed by atoms with Crippen molar-refractivity contribution in [2.24, 2.45) is 5.73 Å². The largest absolute Gasteiger partial charge is 0.384 e. The average Bonchev–Trinajstić information content (AvgIpc) is 2.52. The summed E-state index contributed by atoms with van der Waals surface area (Å²) < 4.78 is 0. The number of nitrogens with zero attached hydrogens (tertiary/aromatic N) is 1. The molecule has 0 saturated heterocycles. The summed E-state index contributed by atoms with van der Waals surface area (Å²) in [5, 5.41) is 6.42. The van der Waals surface area contributed by atoms with E-state index in [2.05, 4.69) is 15.6 Å². The minimum Gasteiger partial charge on any atom is -0.384 e. The monoisotopic (exact) mass is 332 g/mol. The third-order valence-electron chi connectivity index (χ3n) is 3.30. The predicted octanol–water partition coefficient (Wildman–Crippen LogP) is 2.58. The van der Waals surface area contributed by atoms with Crippen molar-refractivity contribution in [3.05, 3.63) is 52.8 Å². The van der Waals surface area contributed by atoms with Crippen LogP contribution in [0.25, 0.3) is 0 Å². The number of aromatic nitrogens is 1. The fourth-order valence-electron chi connectivity index (χ4n) is 2.01. The number of amides is 2. The van der Waals surface area contributed by atoms with Crippen LogP contribution in [0.3, 0.4) is 0 Å². The Morgan fingerprint density at radius 3 is 2.78 bits per heavy atom. The summed E-state index contributed by atoms with van der Waals surface area (Å²) >= 11 is 6.02. The Hall–Kier alpha value is -2.60. The number of primary amides is 1. The van der Waals surface area contributed by atoms with Crippen molar-refractivity contribution < 1.29 is 9.59 Å². The van der Waals surface area contributed by atoms with Crippen LogP contribution in [-0.2, 0) is 4.79 Å². The second-order valence-electron chi connectivity index (χ2n) is 4.92. The molecule has 2 rings (SSSR count). The number of nitrogens with one attached hydrogen (secondary N) is 2. The first-order chi connectivity index (χ1) is 11.0. The highest BCUT2D eigenvalue weighted by Crippen LogP contribution is 2.23. The number of halogens is 1. The molecule has 0 aliphatic rings. The highest BCUT2D eigenvalue weighted by molar-refractivity contribution is 6.31. The molecule has 2 amide bonds. The molecular formula is C16H17ClN4O2. The zero-order valence-electron chi connectivity index (χ0n) is 12.6. The normalized spacial score (nSPS) is 10.2. The van der Waals surface area contributed by atoms with Gasteiger partial charge in [0.25, 0.3) is 5.91 Å². The van der Waals surface area contributed by atoms with Crippen LogP contribution in [0.15, 0.2) is 36.7 Å². The summed E-state index contributed by atoms with van der Waals surface area (Å²) in [6.07, 6.45) is 3.16. The van der Waals surface area contributed by atoms with Crippen LogP contribution in [0.4, 0.5) is 11.4 Å². The van der Waals surface area contributed by atoms with Gasteiger partial charge >= 0.3 is 0 Å². The van der Waals surface area contributed by atoms with Gasteiger partial charge in [-0.05, 0) is 30.7 Å². The molecule has 120 valence electrons. The third-order valence-corrected chi connectivity index (χ3v) is 3.71. The van der Waals surface area contributed by atoms with Crippen LogP contribution in [0, 0.1) is 6.92 Å². The number of hydrogen-bond acceptors (Lipinski definition) is 4. The van der Waals surface area contributed by atoms with Crippen molar-refractivity contribution in [2.45, 2.75) is 13.3 Å². The van der Waals surface area contributed by atoms with E-state index < -0.39 is 5.91 Å². The quantitative estimate of drug-likeness (QED) is 0.757. The first-order valence-electron chi connectivity index (χ1n) is 7.01. The van der Waals surface area contributed by atoms with Gasteiger partial charge in [0.05, 0.1) is 11.3 Å². The topological polar surface area (TPSA) is 97.1 Å². The maximum absolute atomic E-state index is 12.0. The Kier molecular flexibility index (Phi) is 5.54. The Morgan fingerprint density at radius 1 is 1.26 bits per heavy atom. The molecule has 1 heterocycles. The van der Waals surface area contributed by atoms with Gasteiger partial charge in [0.1, 0.15) is 0 Å². The van der Waals surface area contributed by atoms with E-state index in [9.17, 15) is 9.59 Å². The fourth-order valence-corrected chi connectivity index (χ4v) is 2.19. The van der Waals surface area contributed by atoms with Crippen LogP contribution in [0.2, 0.25) is 5.02 Å². The number of anilines is 2. The van der Waals surface area contributed by atoms with Crippen LogP contribution in [-0.4, -0.2) is 23.3 Å². The van der Waals surface area contributed by atoms with Gasteiger partial charge in [-0.15, -0.1) is 0 Å². The molecule has 0 radical (unpaired) electrons. The van der Waals surface area contributed by atoms with Crippen molar-refractivity contribution >= 4 is 34.8 Å². The third kappa shape index (κ3) is 4.43. The van der Waals surface area contributed by atoms with Gasteiger partial charge in [-0.3, -0.25) is 14.6 Å². The Labute approximate surface area is 139 Å². The fraction of sp³-hybridized carbons (Fsp3) is 0.188. The molecule has 2 aromatic rings. The van der Waals surface area contributed by atoms with Gasteiger partial charge in [-0.25, -0.2) is 0 Å². The average molecular weight is 333 g/mol. The highest BCUT2D eigenvalue weighted by Gasteiger charge is 2.09. The molecule has 0 aliphatic heterocycles. The molecule has 6 nitrogen and oxygen atoms in total. The summed E-state index contributed by atoms with van der Waals surface area (Å²) in [6.45, 7) is 2.20. The highest BCUT2D eigenvalue weighted by atomic mass is 35.5. The molecular weight excluding hydrogens is 316 g/mol. The minimum atomic E-state index is -0.570. The van der Waals surface area contributed by atoms with Gasteiger partial charge in [0, 0.05) is 36.1 Å². The molecule has 4 N–H and O–H groups in total. The molecule has 0 aliphatic carbocycles. The summed E-state index contributed by atoms with van der Waals surface area (Å²) in [4.78, 5) is 27.1. The van der Waals surface area contributed by atoms with E-state index in [-0.39, 0.29) is 12.3 Å². The summed E-state index contributed by atoms with van der Waals surface area (Å²) in [7, 11) is 0. The molecule has 0 fully saturated rings. The van der Waals surface area contributed by atoms with Crippen molar-refractivity contribution in [1.29, 1.82) is 0 Å². The van der Waals surface area contributed by atoms with Gasteiger partial charge in [-0.2, -0.15) is 0 Å². The van der Waals surface area contributed by atoms with Crippen LogP contribution in [0.5, 0.6) is 0 Å². The Bertz CT molecular complexity index is 734. The van der Waals surface area contributed by atoms with Crippen LogP contribution < -0.4 is 16.4 Å². The van der Waals surface area contributed by atoms with Crippen molar-refractivity contribution in [2.75, 3.05) is 17.2 Å². The molecule has 0 saturated carbocycles. The number of benzene rings is 1. The second kappa shape index (κ2) is 7.60. The lowest BCUT2D eigenvalue weighted by Crippen LogP contribution is -2.19. The molecule has 1 aromatic heterocycles. The molecule has 7 heteroatoms. The molecule has 0 spiro atoms. The molecule has 23 heavy (non-hydrogen) atoms. The van der Waals surface area contributed by atoms with E-state index in [0.717, 1.165) is 5.56 Å². The Balaban J connectivity index is 1.91. The van der Waals surface area contributed by atoms with Crippen molar-refractivity contribution in [1.82, 2.24) is 4.98 Å². The van der Waals surface area contributed by atoms with Crippen molar-refractivity contribution in [3.8, 4) is 0 Å². The molecule has 0 atom stereocenters. The minimum absolute atomic E-state index is 0.155. The lowest BCUT2D eigenvalue weighted by Gasteiger charge is -2.11. The van der Waals surface area contributed by atoms with E-state index in [1.807, 2.05) is 6.92 Å². The van der Waals surface area contributed by atoms with E-state index in [1.165, 1.54) is 6.20 Å². The number of hydrogen-bond donors (Lipinski definition) is 3. The maximum Gasteiger partial charge on any atom is 0.252 e. The Morgan fingerprint density at radius 2 is 2.04 bits per heavy atom. The van der Waals surface area contributed by atoms with E-state index in [4.69, 9.17) is 17.3 Å². The van der Waals surface area contributed by atoms with Gasteiger partial charge in [0.2, 0.25) is 5.91 Å². The molecule has 0 unspecified atom stereocenters. The number of pyridine rings is 1. The van der Waals surface area contributed by atoms with E-state index in [1.54, 1.807) is 30.5 Å². The first-order valence-corrected chi connectivity index (χ1v) is 7.39. The summed E-state index contributed by atoms with van der Waals surface area (Å²) in [5.41, 5.74) is 7.62. The van der Waals surface area contributed by atoms with Crippen molar-refractivity contribution in [3.63, 3.8) is 0 Å². The molecule has 1 aromatic carbocycles. The number of rotatable bonds is 6. The predicted molar refractivity (Wildman–Crippen MR) is 90.7 cm³/mol. The smallest absolute Gasteiger partial charge is 0.252 e. The van der Waals surface area contributed by atoms with Gasteiger partial charge in [-0.1, -0.05) is 17.7 Å². The van der Waals surface area contributed by atoms with E-state index >= 15 is 0 Å². The lowest BCUT2D eigenvalue weighted by molar-refractivity contribution is -0.115. The lowest BCUT2D eigenvalue weighted by atomic mass is 10.2. The molecule has 0 bridgehead atoms. The maximum atomic E-state index is 12.0. The summed E-state index contributed by atoms with van der Waals surface area (Å²) in [5.74, 6) is -0.725. The zero-order chi connectivity index (χ0) is 16.8. The number of carbonyl (C=O) groups is 2. The second-order valence-corrected chi connectivity index (χ2v) is 5.33. The number of nitrogens with two attached hydrogens (primary N) is 1. The van der Waals surface area contributed by atoms with Gasteiger partial charge in [0.15, 0.2) is 0 Å². The first kappa shape index (κ1) is 16.8. The zero-order valence-corrected chi connectivity index (χ0v) is 13.4. The van der Waals surface area contributed by atoms with Crippen LogP contribution in [0.1, 0.15) is 22.3 Å². The van der Waals surface area contributed by atoms with Crippen LogP contribution >= 0.6 is 11.6 Å². The summed E-state index contributed by atoms with van der Waals surface area (Å²) in [6, 6.07) is 6.97. The number of carbonyl (C=O) groups excluding carboxylic acids is 2.